The van der Waals surface area contributed by atoms with Gasteiger partial charge in [0.1, 0.15) is 12.4 Å². The second-order valence-electron chi connectivity index (χ2n) is 5.58. The number of hydrogen-bond donors (Lipinski definition) is 2. The van der Waals surface area contributed by atoms with E-state index in [9.17, 15) is 0 Å². The zero-order valence-corrected chi connectivity index (χ0v) is 17.0. The van der Waals surface area contributed by atoms with Crippen LogP contribution in [-0.2, 0) is 17.9 Å². The Balaban J connectivity index is 0.00000312. The van der Waals surface area contributed by atoms with Gasteiger partial charge < -0.3 is 20.5 Å². The van der Waals surface area contributed by atoms with Gasteiger partial charge in [0.15, 0.2) is 5.96 Å². The van der Waals surface area contributed by atoms with Crippen molar-refractivity contribution in [1.29, 1.82) is 0 Å². The first-order valence-electron chi connectivity index (χ1n) is 7.99. The summed E-state index contributed by atoms with van der Waals surface area (Å²) in [4.78, 5) is 4.38. The van der Waals surface area contributed by atoms with Gasteiger partial charge in [0.25, 0.3) is 0 Å². The number of benzene rings is 2. The van der Waals surface area contributed by atoms with E-state index in [1.54, 1.807) is 7.11 Å². The van der Waals surface area contributed by atoms with Crippen molar-refractivity contribution in [2.75, 3.05) is 13.7 Å². The molecule has 0 amide bonds. The van der Waals surface area contributed by atoms with Gasteiger partial charge in [0, 0.05) is 18.7 Å². The Kier molecular flexibility index (Phi) is 9.94. The van der Waals surface area contributed by atoms with Gasteiger partial charge in [-0.1, -0.05) is 48.5 Å². The van der Waals surface area contributed by atoms with Gasteiger partial charge in [-0.3, -0.25) is 0 Å². The molecule has 0 saturated carbocycles. The summed E-state index contributed by atoms with van der Waals surface area (Å²) in [7, 11) is 1.66. The van der Waals surface area contributed by atoms with E-state index in [-0.39, 0.29) is 30.0 Å². The van der Waals surface area contributed by atoms with Crippen LogP contribution >= 0.6 is 24.0 Å². The van der Waals surface area contributed by atoms with E-state index < -0.39 is 0 Å². The van der Waals surface area contributed by atoms with Crippen LogP contribution in [0.5, 0.6) is 5.75 Å². The molecule has 0 fully saturated rings. The fraction of sp³-hybridized carbons (Fsp3) is 0.316. The van der Waals surface area contributed by atoms with Crippen molar-refractivity contribution in [3.05, 3.63) is 65.7 Å². The molecule has 0 aliphatic rings. The third-order valence-electron chi connectivity index (χ3n) is 3.44. The second kappa shape index (κ2) is 11.7. The van der Waals surface area contributed by atoms with Crippen LogP contribution in [0.25, 0.3) is 0 Å². The summed E-state index contributed by atoms with van der Waals surface area (Å²) in [6.45, 7) is 3.56. The molecule has 0 spiro atoms. The van der Waals surface area contributed by atoms with Gasteiger partial charge in [0.05, 0.1) is 13.2 Å². The predicted molar refractivity (Wildman–Crippen MR) is 112 cm³/mol. The molecular formula is C19H26IN3O2. The maximum Gasteiger partial charge on any atom is 0.189 e. The lowest BCUT2D eigenvalue weighted by molar-refractivity contribution is 0.179. The third kappa shape index (κ3) is 7.74. The van der Waals surface area contributed by atoms with E-state index in [0.717, 1.165) is 16.9 Å². The summed E-state index contributed by atoms with van der Waals surface area (Å²) < 4.78 is 11.0. The summed E-state index contributed by atoms with van der Waals surface area (Å²) in [5.41, 5.74) is 8.04. The van der Waals surface area contributed by atoms with Crippen molar-refractivity contribution < 1.29 is 9.47 Å². The highest BCUT2D eigenvalue weighted by molar-refractivity contribution is 14.0. The first-order chi connectivity index (χ1) is 11.7. The zero-order valence-electron chi connectivity index (χ0n) is 14.6. The number of nitrogens with two attached hydrogens (primary N) is 1. The van der Waals surface area contributed by atoms with Gasteiger partial charge in [-0.15, -0.1) is 24.0 Å². The molecule has 25 heavy (non-hydrogen) atoms. The summed E-state index contributed by atoms with van der Waals surface area (Å²) in [6.07, 6.45) is 0. The van der Waals surface area contributed by atoms with Gasteiger partial charge in [-0.2, -0.15) is 0 Å². The topological polar surface area (TPSA) is 68.9 Å². The van der Waals surface area contributed by atoms with Gasteiger partial charge in [0.2, 0.25) is 0 Å². The maximum atomic E-state index is 5.92. The Hall–Kier alpha value is -1.80. The van der Waals surface area contributed by atoms with Gasteiger partial charge in [-0.05, 0) is 18.6 Å². The van der Waals surface area contributed by atoms with Crippen LogP contribution in [0.1, 0.15) is 18.1 Å². The molecule has 0 aliphatic heterocycles. The molecule has 1 unspecified atom stereocenters. The number of methoxy groups -OCH3 is 1. The Morgan fingerprint density at radius 3 is 2.52 bits per heavy atom. The number of ether oxygens (including phenoxy) is 2. The van der Waals surface area contributed by atoms with Crippen LogP contribution in [0.3, 0.4) is 0 Å². The first kappa shape index (κ1) is 21.2. The Morgan fingerprint density at radius 2 is 1.80 bits per heavy atom. The second-order valence-corrected chi connectivity index (χ2v) is 5.58. The summed E-state index contributed by atoms with van der Waals surface area (Å²) >= 11 is 0. The van der Waals surface area contributed by atoms with Crippen LogP contribution in [0.4, 0.5) is 0 Å². The number of halogens is 1. The van der Waals surface area contributed by atoms with Crippen molar-refractivity contribution >= 4 is 29.9 Å². The molecular weight excluding hydrogens is 429 g/mol. The lowest BCUT2D eigenvalue weighted by Gasteiger charge is -2.14. The van der Waals surface area contributed by atoms with Crippen molar-refractivity contribution in [2.24, 2.45) is 10.7 Å². The van der Waals surface area contributed by atoms with Crippen LogP contribution < -0.4 is 15.8 Å². The van der Waals surface area contributed by atoms with E-state index in [1.807, 2.05) is 61.5 Å². The predicted octanol–water partition coefficient (Wildman–Crippen LogP) is 3.32. The Labute approximate surface area is 166 Å². The van der Waals surface area contributed by atoms with Crippen LogP contribution in [-0.4, -0.2) is 25.7 Å². The number of guanidine groups is 1. The fourth-order valence-corrected chi connectivity index (χ4v) is 2.27. The number of aliphatic imine (C=N–C) groups is 1. The standard InChI is InChI=1S/C19H25N3O2.HI/c1-15(13-23-2)22-19(20)21-12-17-10-6-7-11-18(17)24-14-16-8-4-3-5-9-16;/h3-11,15H,12-14H2,1-2H3,(H3,20,21,22);1H. The van der Waals surface area contributed by atoms with Crippen LogP contribution in [0.15, 0.2) is 59.6 Å². The average Bonchev–Trinajstić information content (AvgIpc) is 2.60. The molecule has 136 valence electrons. The Morgan fingerprint density at radius 1 is 1.12 bits per heavy atom. The monoisotopic (exact) mass is 455 g/mol. The van der Waals surface area contributed by atoms with E-state index in [4.69, 9.17) is 15.2 Å². The van der Waals surface area contributed by atoms with E-state index in [1.165, 1.54) is 0 Å². The molecule has 6 heteroatoms. The highest BCUT2D eigenvalue weighted by Crippen LogP contribution is 2.20. The number of hydrogen-bond acceptors (Lipinski definition) is 3. The van der Waals surface area contributed by atoms with E-state index in [2.05, 4.69) is 10.3 Å². The molecule has 3 N–H and O–H groups in total. The molecule has 0 heterocycles. The van der Waals surface area contributed by atoms with Crippen molar-refractivity contribution in [3.8, 4) is 5.75 Å². The maximum absolute atomic E-state index is 5.92. The lowest BCUT2D eigenvalue weighted by atomic mass is 10.2. The summed E-state index contributed by atoms with van der Waals surface area (Å²) in [5, 5.41) is 3.09. The molecule has 5 nitrogen and oxygen atoms in total. The Bertz CT molecular complexity index is 650. The number of rotatable bonds is 8. The van der Waals surface area contributed by atoms with Crippen molar-refractivity contribution in [1.82, 2.24) is 5.32 Å². The number of nitrogens with one attached hydrogen (secondary N) is 1. The molecule has 2 aromatic carbocycles. The van der Waals surface area contributed by atoms with Gasteiger partial charge in [-0.25, -0.2) is 4.99 Å². The largest absolute Gasteiger partial charge is 0.489 e. The minimum atomic E-state index is 0. The quantitative estimate of drug-likeness (QED) is 0.364. The zero-order chi connectivity index (χ0) is 17.2. The SMILES string of the molecule is COCC(C)NC(N)=NCc1ccccc1OCc1ccccc1.I. The van der Waals surface area contributed by atoms with Crippen molar-refractivity contribution in [2.45, 2.75) is 26.1 Å². The molecule has 0 radical (unpaired) electrons. The number of para-hydroxylation sites is 1. The minimum absolute atomic E-state index is 0. The molecule has 0 aromatic heterocycles. The van der Waals surface area contributed by atoms with E-state index in [0.29, 0.717) is 25.7 Å². The molecule has 0 aliphatic carbocycles. The molecule has 0 bridgehead atoms. The highest BCUT2D eigenvalue weighted by Gasteiger charge is 2.05. The normalized spacial score (nSPS) is 12.2. The summed E-state index contributed by atoms with van der Waals surface area (Å²) in [6, 6.07) is 18.1. The number of nitrogens with zero attached hydrogens (tertiary/aromatic N) is 1. The average molecular weight is 455 g/mol. The minimum Gasteiger partial charge on any atom is -0.489 e. The van der Waals surface area contributed by atoms with Crippen LogP contribution in [0.2, 0.25) is 0 Å². The summed E-state index contributed by atoms with van der Waals surface area (Å²) in [5.74, 6) is 1.22. The molecule has 2 aromatic rings. The smallest absolute Gasteiger partial charge is 0.189 e. The third-order valence-corrected chi connectivity index (χ3v) is 3.44. The van der Waals surface area contributed by atoms with E-state index >= 15 is 0 Å². The van der Waals surface area contributed by atoms with Crippen LogP contribution in [0, 0.1) is 0 Å². The van der Waals surface area contributed by atoms with Crippen molar-refractivity contribution in [3.63, 3.8) is 0 Å². The molecule has 2 rings (SSSR count). The van der Waals surface area contributed by atoms with Gasteiger partial charge >= 0.3 is 0 Å². The highest BCUT2D eigenvalue weighted by atomic mass is 127. The fourth-order valence-electron chi connectivity index (χ4n) is 2.27. The molecule has 0 saturated heterocycles. The molecule has 1 atom stereocenters. The first-order valence-corrected chi connectivity index (χ1v) is 7.99. The lowest BCUT2D eigenvalue weighted by Crippen LogP contribution is -2.40.